The second kappa shape index (κ2) is 16.4. The monoisotopic (exact) mass is 698 g/mol. The SMILES string of the molecule is OCC1O[C@H](OC2[C@@H](CO)C(O)[C@](O)(CO)[C@@H]2O)C(O)[C@@H](O)[C@@H]1O.OCC1O[C@H](OC[C@H]2O[C@](O)(CO)[C@H](O)[C@H]2O)C(O)[C@@H](O)[C@@H]1O. The summed E-state index contributed by atoms with van der Waals surface area (Å²) in [5.74, 6) is -3.56. The smallest absolute Gasteiger partial charge is 0.219 e. The summed E-state index contributed by atoms with van der Waals surface area (Å²) < 4.78 is 25.6. The van der Waals surface area contributed by atoms with E-state index in [1.165, 1.54) is 0 Å². The molecule has 0 aromatic heterocycles. The number of hydrogen-bond acceptors (Lipinski definition) is 22. The zero-order valence-electron chi connectivity index (χ0n) is 24.7. The molecule has 4 fully saturated rings. The second-order valence-electron chi connectivity index (χ2n) is 11.8. The lowest BCUT2D eigenvalue weighted by atomic mass is 9.96. The molecular formula is C25H46O22. The Morgan fingerprint density at radius 1 is 0.511 bits per heavy atom. The van der Waals surface area contributed by atoms with Crippen molar-refractivity contribution in [3.8, 4) is 0 Å². The topological polar surface area (TPSA) is 390 Å². The molecule has 3 heterocycles. The number of aliphatic hydroxyl groups is 17. The Bertz CT molecular complexity index is 960. The van der Waals surface area contributed by atoms with Gasteiger partial charge in [-0.3, -0.25) is 0 Å². The Kier molecular flexibility index (Phi) is 14.2. The average Bonchev–Trinajstić information content (AvgIpc) is 3.40. The minimum absolute atomic E-state index is 0.469. The Hall–Kier alpha value is -0.880. The van der Waals surface area contributed by atoms with E-state index in [0.717, 1.165) is 0 Å². The molecule has 4 rings (SSSR count). The van der Waals surface area contributed by atoms with E-state index in [-0.39, 0.29) is 0 Å². The third-order valence-corrected chi connectivity index (χ3v) is 8.79. The molecule has 47 heavy (non-hydrogen) atoms. The van der Waals surface area contributed by atoms with E-state index in [1.807, 2.05) is 0 Å². The van der Waals surface area contributed by atoms with Crippen LogP contribution in [0.3, 0.4) is 0 Å². The van der Waals surface area contributed by atoms with E-state index >= 15 is 0 Å². The van der Waals surface area contributed by atoms with Crippen molar-refractivity contribution in [1.29, 1.82) is 0 Å². The highest BCUT2D eigenvalue weighted by Gasteiger charge is 2.61. The summed E-state index contributed by atoms with van der Waals surface area (Å²) in [7, 11) is 0. The number of rotatable bonds is 10. The van der Waals surface area contributed by atoms with Crippen molar-refractivity contribution in [2.24, 2.45) is 5.92 Å². The molecule has 1 saturated carbocycles. The summed E-state index contributed by atoms with van der Waals surface area (Å²) in [6.07, 6.45) is -24.9. The van der Waals surface area contributed by atoms with Gasteiger partial charge in [0.1, 0.15) is 78.8 Å². The maximum atomic E-state index is 10.1. The quantitative estimate of drug-likeness (QED) is 0.101. The van der Waals surface area contributed by atoms with E-state index < -0.39 is 155 Å². The first-order valence-electron chi connectivity index (χ1n) is 14.5. The molecule has 4 aliphatic rings. The van der Waals surface area contributed by atoms with Crippen molar-refractivity contribution in [2.75, 3.05) is 39.6 Å². The van der Waals surface area contributed by atoms with Gasteiger partial charge in [-0.25, -0.2) is 0 Å². The number of hydrogen-bond donors (Lipinski definition) is 17. The van der Waals surface area contributed by atoms with Crippen molar-refractivity contribution in [2.45, 2.75) is 109 Å². The highest BCUT2D eigenvalue weighted by molar-refractivity contribution is 5.10. The van der Waals surface area contributed by atoms with E-state index in [2.05, 4.69) is 0 Å². The van der Waals surface area contributed by atoms with Crippen LogP contribution in [-0.2, 0) is 23.7 Å². The molecule has 0 bridgehead atoms. The summed E-state index contributed by atoms with van der Waals surface area (Å²) in [6, 6.07) is 0. The molecule has 22 heteroatoms. The van der Waals surface area contributed by atoms with Gasteiger partial charge in [-0.2, -0.15) is 0 Å². The largest absolute Gasteiger partial charge is 0.396 e. The van der Waals surface area contributed by atoms with Gasteiger partial charge in [-0.1, -0.05) is 0 Å². The Morgan fingerprint density at radius 3 is 1.47 bits per heavy atom. The van der Waals surface area contributed by atoms with Gasteiger partial charge in [0.25, 0.3) is 0 Å². The summed E-state index contributed by atoms with van der Waals surface area (Å²) in [5.41, 5.74) is -2.35. The van der Waals surface area contributed by atoms with Crippen LogP contribution in [0.15, 0.2) is 0 Å². The van der Waals surface area contributed by atoms with Crippen LogP contribution >= 0.6 is 0 Å². The molecule has 17 N–H and O–H groups in total. The molecule has 1 aliphatic carbocycles. The minimum atomic E-state index is -2.35. The molecule has 0 amide bonds. The van der Waals surface area contributed by atoms with Gasteiger partial charge in [-0.05, 0) is 0 Å². The molecule has 22 nitrogen and oxygen atoms in total. The van der Waals surface area contributed by atoms with E-state index in [9.17, 15) is 71.5 Å². The Balaban J connectivity index is 0.000000256. The summed E-state index contributed by atoms with van der Waals surface area (Å²) in [4.78, 5) is 0. The van der Waals surface area contributed by atoms with Crippen LogP contribution in [0.4, 0.5) is 0 Å². The van der Waals surface area contributed by atoms with Crippen LogP contribution in [0.5, 0.6) is 0 Å². The van der Waals surface area contributed by atoms with Crippen molar-refractivity contribution in [1.82, 2.24) is 0 Å². The van der Waals surface area contributed by atoms with Crippen LogP contribution in [0.2, 0.25) is 0 Å². The maximum absolute atomic E-state index is 10.1. The van der Waals surface area contributed by atoms with Crippen LogP contribution in [0.25, 0.3) is 0 Å². The highest BCUT2D eigenvalue weighted by Crippen LogP contribution is 2.39. The first-order chi connectivity index (χ1) is 22.0. The van der Waals surface area contributed by atoms with Gasteiger partial charge >= 0.3 is 0 Å². The standard InChI is InChI=1S/C13H24O11.C12H22O11/c14-1-4-9(11(21)13(22,3-16)10(4)20)24-12-8(19)7(18)6(17)5(2-15)23-12;13-1-4-6(15)8(17)9(18)11(22-4)21-2-5-7(16)10(19)12(20,3-14)23-5/h4-12,14-22H,1-3H2;4-11,13-20H,1-3H2/t4-,5?,6-,7+,8?,9?,10?,11-,12-,13-;4?,5-,6-,7+,8+,9?,10-,11+,12-/m11/s1. The molecule has 0 radical (unpaired) electrons. The Labute approximate surface area is 266 Å². The molecule has 6 unspecified atom stereocenters. The maximum Gasteiger partial charge on any atom is 0.219 e. The first-order valence-corrected chi connectivity index (χ1v) is 14.5. The van der Waals surface area contributed by atoms with Crippen molar-refractivity contribution in [3.05, 3.63) is 0 Å². The second-order valence-corrected chi connectivity index (χ2v) is 11.8. The summed E-state index contributed by atoms with van der Waals surface area (Å²) >= 11 is 0. The van der Waals surface area contributed by atoms with Crippen LogP contribution < -0.4 is 0 Å². The lowest BCUT2D eigenvalue weighted by Crippen LogP contribution is -2.60. The predicted molar refractivity (Wildman–Crippen MR) is 142 cm³/mol. The molecule has 278 valence electrons. The number of ether oxygens (including phenoxy) is 5. The van der Waals surface area contributed by atoms with Gasteiger partial charge < -0.3 is 110 Å². The fourth-order valence-corrected chi connectivity index (χ4v) is 5.67. The molecule has 0 aromatic rings. The third kappa shape index (κ3) is 7.89. The van der Waals surface area contributed by atoms with E-state index in [0.29, 0.717) is 0 Å². The first kappa shape index (κ1) is 40.5. The third-order valence-electron chi connectivity index (χ3n) is 8.79. The van der Waals surface area contributed by atoms with E-state index in [1.54, 1.807) is 0 Å². The average molecular weight is 699 g/mol. The van der Waals surface area contributed by atoms with Crippen LogP contribution in [0, 0.1) is 5.92 Å². The Morgan fingerprint density at radius 2 is 1.02 bits per heavy atom. The summed E-state index contributed by atoms with van der Waals surface area (Å²) in [6.45, 7) is -4.48. The van der Waals surface area contributed by atoms with Gasteiger partial charge in [0.05, 0.1) is 51.8 Å². The fourth-order valence-electron chi connectivity index (χ4n) is 5.67. The van der Waals surface area contributed by atoms with Gasteiger partial charge in [0.2, 0.25) is 5.79 Å². The van der Waals surface area contributed by atoms with Gasteiger partial charge in [0.15, 0.2) is 12.6 Å². The lowest BCUT2D eigenvalue weighted by Gasteiger charge is -2.41. The van der Waals surface area contributed by atoms with Crippen LogP contribution in [-0.4, -0.2) is 236 Å². The van der Waals surface area contributed by atoms with Crippen molar-refractivity contribution in [3.63, 3.8) is 0 Å². The fraction of sp³-hybridized carbons (Fsp3) is 1.00. The molecule has 0 spiro atoms. The minimum Gasteiger partial charge on any atom is -0.396 e. The molecule has 0 aromatic carbocycles. The molecular weight excluding hydrogens is 652 g/mol. The van der Waals surface area contributed by atoms with Crippen molar-refractivity contribution >= 4 is 0 Å². The normalized spacial score (nSPS) is 51.9. The number of aliphatic hydroxyl groups excluding tert-OH is 15. The molecule has 3 aliphatic heterocycles. The van der Waals surface area contributed by atoms with Gasteiger partial charge in [0, 0.05) is 5.92 Å². The zero-order chi connectivity index (χ0) is 35.6. The van der Waals surface area contributed by atoms with Crippen molar-refractivity contribution < 1.29 is 110 Å². The van der Waals surface area contributed by atoms with Crippen LogP contribution in [0.1, 0.15) is 0 Å². The molecule has 19 atom stereocenters. The van der Waals surface area contributed by atoms with Gasteiger partial charge in [-0.15, -0.1) is 0 Å². The lowest BCUT2D eigenvalue weighted by molar-refractivity contribution is -0.321. The van der Waals surface area contributed by atoms with E-state index in [4.69, 9.17) is 39.0 Å². The summed E-state index contributed by atoms with van der Waals surface area (Å²) in [5, 5.41) is 163. The molecule has 3 saturated heterocycles. The predicted octanol–water partition coefficient (Wildman–Crippen LogP) is -11.2. The highest BCUT2D eigenvalue weighted by atomic mass is 16.7. The zero-order valence-corrected chi connectivity index (χ0v) is 24.7.